The van der Waals surface area contributed by atoms with Crippen LogP contribution >= 0.6 is 11.6 Å². The summed E-state index contributed by atoms with van der Waals surface area (Å²) in [7, 11) is 0. The third kappa shape index (κ3) is 4.20. The molecule has 24 heavy (non-hydrogen) atoms. The Morgan fingerprint density at radius 1 is 1.21 bits per heavy atom. The van der Waals surface area contributed by atoms with Gasteiger partial charge in [-0.1, -0.05) is 30.3 Å². The predicted octanol–water partition coefficient (Wildman–Crippen LogP) is 3.66. The third-order valence-corrected chi connectivity index (χ3v) is 3.86. The molecule has 2 rings (SSSR count). The summed E-state index contributed by atoms with van der Waals surface area (Å²) in [6.07, 6.45) is 2.85. The normalized spacial score (nSPS) is 10.1. The van der Waals surface area contributed by atoms with Crippen LogP contribution in [0.5, 0.6) is 0 Å². The number of pyridine rings is 1. The lowest BCUT2D eigenvalue weighted by molar-refractivity contribution is -0.115. The van der Waals surface area contributed by atoms with E-state index in [9.17, 15) is 9.59 Å². The maximum absolute atomic E-state index is 12.4. The molecule has 0 aliphatic heterocycles. The number of halogens is 1. The van der Waals surface area contributed by atoms with Crippen molar-refractivity contribution in [2.24, 2.45) is 0 Å². The van der Waals surface area contributed by atoms with Crippen LogP contribution in [0.4, 0.5) is 11.4 Å². The first-order chi connectivity index (χ1) is 11.4. The van der Waals surface area contributed by atoms with Gasteiger partial charge in [0.05, 0.1) is 12.1 Å². The van der Waals surface area contributed by atoms with Crippen LogP contribution in [0.3, 0.4) is 0 Å². The highest BCUT2D eigenvalue weighted by molar-refractivity contribution is 6.32. The number of hydrogen-bond donors (Lipinski definition) is 2. The van der Waals surface area contributed by atoms with E-state index in [1.807, 2.05) is 26.0 Å². The van der Waals surface area contributed by atoms with Gasteiger partial charge in [0, 0.05) is 11.9 Å². The second kappa shape index (κ2) is 7.75. The number of benzene rings is 1. The minimum absolute atomic E-state index is 0.103. The van der Waals surface area contributed by atoms with E-state index in [1.54, 1.807) is 18.3 Å². The number of nitrogens with zero attached hydrogens (tertiary/aromatic N) is 1. The number of nitrogens with one attached hydrogen (secondary N) is 2. The molecule has 0 fully saturated rings. The molecule has 0 saturated carbocycles. The first-order valence-corrected chi connectivity index (χ1v) is 7.73. The van der Waals surface area contributed by atoms with Crippen LogP contribution in [0.2, 0.25) is 5.15 Å². The number of hydrogen-bond acceptors (Lipinski definition) is 3. The van der Waals surface area contributed by atoms with E-state index in [4.69, 9.17) is 11.6 Å². The first kappa shape index (κ1) is 17.7. The van der Waals surface area contributed by atoms with E-state index < -0.39 is 0 Å². The van der Waals surface area contributed by atoms with Crippen LogP contribution in [0.25, 0.3) is 0 Å². The predicted molar refractivity (Wildman–Crippen MR) is 96.3 cm³/mol. The Morgan fingerprint density at radius 3 is 2.58 bits per heavy atom. The summed E-state index contributed by atoms with van der Waals surface area (Å²) in [5, 5.41) is 5.74. The van der Waals surface area contributed by atoms with Gasteiger partial charge in [-0.05, 0) is 48.7 Å². The fraction of sp³-hybridized carbons (Fsp3) is 0.167. The molecule has 5 nitrogen and oxygen atoms in total. The number of aryl methyl sites for hydroxylation is 2. The van der Waals surface area contributed by atoms with Crippen LogP contribution < -0.4 is 10.6 Å². The molecule has 1 heterocycles. The topological polar surface area (TPSA) is 71.1 Å². The Morgan fingerprint density at radius 2 is 1.92 bits per heavy atom. The molecular weight excluding hydrogens is 326 g/mol. The van der Waals surface area contributed by atoms with E-state index in [2.05, 4.69) is 22.2 Å². The lowest BCUT2D eigenvalue weighted by Gasteiger charge is -2.16. The summed E-state index contributed by atoms with van der Waals surface area (Å²) in [4.78, 5) is 28.0. The number of anilines is 2. The second-order valence-electron chi connectivity index (χ2n) is 5.31. The van der Waals surface area contributed by atoms with Crippen LogP contribution in [-0.4, -0.2) is 16.8 Å². The maximum atomic E-state index is 12.4. The summed E-state index contributed by atoms with van der Waals surface area (Å²) >= 11 is 5.95. The minimum atomic E-state index is -0.319. The van der Waals surface area contributed by atoms with Gasteiger partial charge in [0.25, 0.3) is 0 Å². The van der Waals surface area contributed by atoms with Crippen molar-refractivity contribution in [1.29, 1.82) is 0 Å². The van der Waals surface area contributed by atoms with Crippen molar-refractivity contribution in [1.82, 2.24) is 4.98 Å². The Balaban J connectivity index is 2.26. The molecule has 0 spiro atoms. The molecule has 0 bridgehead atoms. The number of carbonyl (C=O) groups is 2. The molecule has 0 saturated heterocycles. The molecule has 2 N–H and O–H groups in total. The molecule has 0 aliphatic rings. The van der Waals surface area contributed by atoms with Crippen LogP contribution in [0.15, 0.2) is 43.1 Å². The lowest BCUT2D eigenvalue weighted by atomic mass is 9.99. The molecular formula is C18H18ClN3O2. The smallest absolute Gasteiger partial charge is 0.247 e. The Kier molecular flexibility index (Phi) is 5.71. The molecule has 6 heteroatoms. The van der Waals surface area contributed by atoms with Crippen molar-refractivity contribution in [2.75, 3.05) is 10.6 Å². The van der Waals surface area contributed by atoms with Crippen LogP contribution in [0, 0.1) is 13.8 Å². The molecule has 124 valence electrons. The average molecular weight is 344 g/mol. The Hall–Kier alpha value is -2.66. The molecule has 2 aromatic rings. The van der Waals surface area contributed by atoms with E-state index in [-0.39, 0.29) is 23.4 Å². The highest BCUT2D eigenvalue weighted by Gasteiger charge is 2.15. The quantitative estimate of drug-likeness (QED) is 0.643. The fourth-order valence-corrected chi connectivity index (χ4v) is 2.45. The largest absolute Gasteiger partial charge is 0.323 e. The number of carbonyl (C=O) groups excluding carboxylic acids is 2. The van der Waals surface area contributed by atoms with E-state index in [0.29, 0.717) is 11.4 Å². The zero-order valence-corrected chi connectivity index (χ0v) is 14.3. The van der Waals surface area contributed by atoms with Gasteiger partial charge in [-0.15, -0.1) is 0 Å². The van der Waals surface area contributed by atoms with Gasteiger partial charge >= 0.3 is 0 Å². The Labute approximate surface area is 145 Å². The molecule has 0 atom stereocenters. The summed E-state index contributed by atoms with van der Waals surface area (Å²) in [6, 6.07) is 7.18. The van der Waals surface area contributed by atoms with Crippen molar-refractivity contribution in [3.05, 3.63) is 65.0 Å². The summed E-state index contributed by atoms with van der Waals surface area (Å²) in [5.74, 6) is -0.562. The minimum Gasteiger partial charge on any atom is -0.323 e. The maximum Gasteiger partial charge on any atom is 0.247 e. The number of aromatic nitrogens is 1. The van der Waals surface area contributed by atoms with Crippen molar-refractivity contribution in [2.45, 2.75) is 20.3 Å². The standard InChI is InChI=1S/C18H18ClN3O2/c1-4-15(23)22-17-12(3)8-7-11(2)13(17)10-16(24)21-14-6-5-9-20-18(14)19/h4-9H,1,10H2,2-3H3,(H,21,24)(H,22,23). The highest BCUT2D eigenvalue weighted by atomic mass is 35.5. The van der Waals surface area contributed by atoms with Crippen molar-refractivity contribution >= 4 is 34.8 Å². The molecule has 1 aromatic heterocycles. The number of amides is 2. The zero-order chi connectivity index (χ0) is 17.7. The molecule has 2 amide bonds. The van der Waals surface area contributed by atoms with Gasteiger partial charge in [-0.25, -0.2) is 4.98 Å². The molecule has 1 aromatic carbocycles. The number of rotatable bonds is 5. The average Bonchev–Trinajstić information content (AvgIpc) is 2.56. The summed E-state index contributed by atoms with van der Waals surface area (Å²) in [5.41, 5.74) is 3.62. The van der Waals surface area contributed by atoms with E-state index in [0.717, 1.165) is 16.7 Å². The first-order valence-electron chi connectivity index (χ1n) is 7.35. The van der Waals surface area contributed by atoms with Crippen molar-refractivity contribution in [3.63, 3.8) is 0 Å². The summed E-state index contributed by atoms with van der Waals surface area (Å²) < 4.78 is 0. The molecule has 0 aliphatic carbocycles. The monoisotopic (exact) mass is 343 g/mol. The Bertz CT molecular complexity index is 803. The molecule has 0 radical (unpaired) electrons. The van der Waals surface area contributed by atoms with Gasteiger partial charge in [-0.3, -0.25) is 9.59 Å². The van der Waals surface area contributed by atoms with Crippen molar-refractivity contribution < 1.29 is 9.59 Å². The SMILES string of the molecule is C=CC(=O)Nc1c(C)ccc(C)c1CC(=O)Nc1cccnc1Cl. The third-order valence-electron chi connectivity index (χ3n) is 3.56. The van der Waals surface area contributed by atoms with Gasteiger partial charge in [0.1, 0.15) is 0 Å². The van der Waals surface area contributed by atoms with Crippen molar-refractivity contribution in [3.8, 4) is 0 Å². The fourth-order valence-electron chi connectivity index (χ4n) is 2.28. The second-order valence-corrected chi connectivity index (χ2v) is 5.67. The molecule has 0 unspecified atom stereocenters. The van der Waals surface area contributed by atoms with Crippen LogP contribution in [-0.2, 0) is 16.0 Å². The van der Waals surface area contributed by atoms with Gasteiger partial charge in [-0.2, -0.15) is 0 Å². The van der Waals surface area contributed by atoms with E-state index in [1.165, 1.54) is 6.08 Å². The van der Waals surface area contributed by atoms with Gasteiger partial charge in [0.2, 0.25) is 11.8 Å². The van der Waals surface area contributed by atoms with Gasteiger partial charge in [0.15, 0.2) is 5.15 Å². The van der Waals surface area contributed by atoms with E-state index >= 15 is 0 Å². The summed E-state index contributed by atoms with van der Waals surface area (Å²) in [6.45, 7) is 7.22. The zero-order valence-electron chi connectivity index (χ0n) is 13.5. The van der Waals surface area contributed by atoms with Crippen LogP contribution in [0.1, 0.15) is 16.7 Å². The lowest BCUT2D eigenvalue weighted by Crippen LogP contribution is -2.18. The highest BCUT2D eigenvalue weighted by Crippen LogP contribution is 2.26. The van der Waals surface area contributed by atoms with Gasteiger partial charge < -0.3 is 10.6 Å².